The number of benzene rings is 2. The van der Waals surface area contributed by atoms with Crippen molar-refractivity contribution >= 4 is 35.3 Å². The van der Waals surface area contributed by atoms with E-state index >= 15 is 0 Å². The Hall–Kier alpha value is -3.98. The summed E-state index contributed by atoms with van der Waals surface area (Å²) in [5, 5.41) is 14.6. The van der Waals surface area contributed by atoms with Gasteiger partial charge >= 0.3 is 5.97 Å². The van der Waals surface area contributed by atoms with E-state index in [1.165, 1.54) is 17.1 Å². The van der Waals surface area contributed by atoms with Gasteiger partial charge in [-0.2, -0.15) is 10.1 Å². The Balaban J connectivity index is 1.40. The number of morpholine rings is 1. The van der Waals surface area contributed by atoms with E-state index in [1.807, 2.05) is 0 Å². The van der Waals surface area contributed by atoms with Crippen molar-refractivity contribution in [3.05, 3.63) is 65.2 Å². The topological polar surface area (TPSA) is 109 Å². The number of aromatic carboxylic acids is 1. The lowest BCUT2D eigenvalue weighted by Gasteiger charge is -2.26. The van der Waals surface area contributed by atoms with Crippen LogP contribution < -0.4 is 9.75 Å². The number of hydrazone groups is 1. The van der Waals surface area contributed by atoms with Gasteiger partial charge < -0.3 is 19.5 Å². The normalized spacial score (nSPS) is 17.3. The van der Waals surface area contributed by atoms with Crippen molar-refractivity contribution in [2.24, 2.45) is 5.10 Å². The monoisotopic (exact) mass is 449 g/mol. The number of amides is 2. The highest BCUT2D eigenvalue weighted by atomic mass is 16.5. The summed E-state index contributed by atoms with van der Waals surface area (Å²) >= 11 is 0. The fourth-order valence-electron chi connectivity index (χ4n) is 3.48. The molecule has 0 spiro atoms. The molecule has 1 fully saturated rings. The van der Waals surface area contributed by atoms with Crippen LogP contribution in [0.3, 0.4) is 0 Å². The van der Waals surface area contributed by atoms with Crippen LogP contribution in [-0.4, -0.2) is 66.4 Å². The molecule has 2 aromatic rings. The molecular formula is C24H23N3O6. The van der Waals surface area contributed by atoms with Crippen LogP contribution in [0.5, 0.6) is 5.75 Å². The van der Waals surface area contributed by atoms with Gasteiger partial charge in [-0.25, -0.2) is 4.79 Å². The van der Waals surface area contributed by atoms with Crippen molar-refractivity contribution in [3.8, 4) is 5.75 Å². The second-order valence-corrected chi connectivity index (χ2v) is 7.56. The van der Waals surface area contributed by atoms with Gasteiger partial charge in [0.25, 0.3) is 11.8 Å². The standard InChI is InChI=1S/C24H23N3O6/c1-16-21(23(29)27(25-16)19-6-4-18(5-7-19)24(30)31)14-17-2-8-20(9-3-17)33-15-22(28)26-10-12-32-13-11-26/h2-9,14H,10-13,15H2,1H3,(H,30,31)/b21-14-. The molecule has 2 aliphatic heterocycles. The van der Waals surface area contributed by atoms with Crippen molar-refractivity contribution in [2.45, 2.75) is 6.92 Å². The number of nitrogens with zero attached hydrogens (tertiary/aromatic N) is 3. The molecule has 0 unspecified atom stereocenters. The largest absolute Gasteiger partial charge is 0.484 e. The first-order valence-electron chi connectivity index (χ1n) is 10.5. The van der Waals surface area contributed by atoms with Crippen molar-refractivity contribution < 1.29 is 29.0 Å². The molecule has 33 heavy (non-hydrogen) atoms. The molecule has 2 amide bonds. The minimum absolute atomic E-state index is 0.0414. The number of carbonyl (C=O) groups is 3. The highest BCUT2D eigenvalue weighted by molar-refractivity contribution is 6.32. The maximum Gasteiger partial charge on any atom is 0.335 e. The van der Waals surface area contributed by atoms with Crippen LogP contribution in [0, 0.1) is 0 Å². The fraction of sp³-hybridized carbons (Fsp3) is 0.250. The summed E-state index contributed by atoms with van der Waals surface area (Å²) in [4.78, 5) is 37.8. The van der Waals surface area contributed by atoms with Crippen LogP contribution in [0.2, 0.25) is 0 Å². The van der Waals surface area contributed by atoms with E-state index in [0.29, 0.717) is 49.0 Å². The van der Waals surface area contributed by atoms with Gasteiger partial charge in [-0.3, -0.25) is 9.59 Å². The number of hydrogen-bond acceptors (Lipinski definition) is 6. The maximum atomic E-state index is 12.9. The summed E-state index contributed by atoms with van der Waals surface area (Å²) in [6.45, 7) is 3.93. The van der Waals surface area contributed by atoms with Crippen molar-refractivity contribution in [2.75, 3.05) is 37.9 Å². The Morgan fingerprint density at radius 2 is 1.76 bits per heavy atom. The van der Waals surface area contributed by atoms with Gasteiger partial charge in [0.05, 0.1) is 35.7 Å². The van der Waals surface area contributed by atoms with E-state index < -0.39 is 5.97 Å². The maximum absolute atomic E-state index is 12.9. The average molecular weight is 449 g/mol. The van der Waals surface area contributed by atoms with Crippen LogP contribution in [0.4, 0.5) is 5.69 Å². The summed E-state index contributed by atoms with van der Waals surface area (Å²) < 4.78 is 10.8. The summed E-state index contributed by atoms with van der Waals surface area (Å²) in [5.41, 5.74) is 2.40. The molecule has 9 nitrogen and oxygen atoms in total. The zero-order valence-corrected chi connectivity index (χ0v) is 18.1. The predicted octanol–water partition coefficient (Wildman–Crippen LogP) is 2.43. The molecule has 170 valence electrons. The van der Waals surface area contributed by atoms with Crippen LogP contribution in [-0.2, 0) is 14.3 Å². The van der Waals surface area contributed by atoms with E-state index in [0.717, 1.165) is 5.56 Å². The van der Waals surface area contributed by atoms with Crippen LogP contribution >= 0.6 is 0 Å². The average Bonchev–Trinajstić information content (AvgIpc) is 3.12. The predicted molar refractivity (Wildman–Crippen MR) is 121 cm³/mol. The summed E-state index contributed by atoms with van der Waals surface area (Å²) in [6.07, 6.45) is 1.73. The summed E-state index contributed by atoms with van der Waals surface area (Å²) in [6, 6.07) is 13.0. The van der Waals surface area contributed by atoms with E-state index in [9.17, 15) is 14.4 Å². The van der Waals surface area contributed by atoms with Gasteiger partial charge in [0.15, 0.2) is 6.61 Å². The van der Waals surface area contributed by atoms with E-state index in [4.69, 9.17) is 14.6 Å². The van der Waals surface area contributed by atoms with Crippen molar-refractivity contribution in [3.63, 3.8) is 0 Å². The highest BCUT2D eigenvalue weighted by Crippen LogP contribution is 2.26. The van der Waals surface area contributed by atoms with Gasteiger partial charge in [0.2, 0.25) is 0 Å². The van der Waals surface area contributed by atoms with Crippen LogP contribution in [0.1, 0.15) is 22.8 Å². The first-order chi connectivity index (χ1) is 15.9. The fourth-order valence-corrected chi connectivity index (χ4v) is 3.48. The van der Waals surface area contributed by atoms with Gasteiger partial charge in [0.1, 0.15) is 5.75 Å². The van der Waals surface area contributed by atoms with Gasteiger partial charge in [-0.15, -0.1) is 0 Å². The third-order valence-electron chi connectivity index (χ3n) is 5.34. The quantitative estimate of drug-likeness (QED) is 0.679. The molecule has 0 radical (unpaired) electrons. The van der Waals surface area contributed by atoms with Crippen molar-refractivity contribution in [1.29, 1.82) is 0 Å². The van der Waals surface area contributed by atoms with Crippen molar-refractivity contribution in [1.82, 2.24) is 4.90 Å². The number of ether oxygens (including phenoxy) is 2. The van der Waals surface area contributed by atoms with Gasteiger partial charge in [-0.1, -0.05) is 12.1 Å². The second kappa shape index (κ2) is 9.66. The molecule has 0 atom stereocenters. The Morgan fingerprint density at radius 1 is 1.09 bits per heavy atom. The first kappa shape index (κ1) is 22.2. The third-order valence-corrected chi connectivity index (χ3v) is 5.34. The lowest BCUT2D eigenvalue weighted by atomic mass is 10.1. The molecular weight excluding hydrogens is 426 g/mol. The molecule has 1 saturated heterocycles. The number of carbonyl (C=O) groups excluding carboxylic acids is 2. The lowest BCUT2D eigenvalue weighted by Crippen LogP contribution is -2.42. The van der Waals surface area contributed by atoms with Gasteiger partial charge in [0, 0.05) is 13.1 Å². The van der Waals surface area contributed by atoms with Crippen LogP contribution in [0.25, 0.3) is 6.08 Å². The smallest absolute Gasteiger partial charge is 0.335 e. The second-order valence-electron chi connectivity index (χ2n) is 7.56. The Bertz CT molecular complexity index is 1120. The Labute approximate surface area is 190 Å². The molecule has 2 aliphatic rings. The molecule has 2 heterocycles. The Morgan fingerprint density at radius 3 is 2.39 bits per heavy atom. The zero-order valence-electron chi connectivity index (χ0n) is 18.1. The number of carboxylic acid groups (broad SMARTS) is 1. The van der Waals surface area contributed by atoms with Gasteiger partial charge in [-0.05, 0) is 55.0 Å². The van der Waals surface area contributed by atoms with E-state index in [-0.39, 0.29) is 24.0 Å². The number of anilines is 1. The minimum Gasteiger partial charge on any atom is -0.484 e. The van der Waals surface area contributed by atoms with E-state index in [2.05, 4.69) is 5.10 Å². The number of rotatable bonds is 6. The highest BCUT2D eigenvalue weighted by Gasteiger charge is 2.28. The molecule has 0 aliphatic carbocycles. The first-order valence-corrected chi connectivity index (χ1v) is 10.5. The lowest BCUT2D eigenvalue weighted by molar-refractivity contribution is -0.137. The SMILES string of the molecule is CC1=NN(c2ccc(C(=O)O)cc2)C(=O)/C1=C\c1ccc(OCC(=O)N2CCOCC2)cc1. The molecule has 0 bridgehead atoms. The number of hydrogen-bond donors (Lipinski definition) is 1. The van der Waals surface area contributed by atoms with E-state index in [1.54, 1.807) is 54.3 Å². The molecule has 4 rings (SSSR count). The molecule has 1 N–H and O–H groups in total. The summed E-state index contributed by atoms with van der Waals surface area (Å²) in [5.74, 6) is -0.856. The molecule has 9 heteroatoms. The minimum atomic E-state index is -1.03. The molecule has 2 aromatic carbocycles. The molecule has 0 aromatic heterocycles. The van der Waals surface area contributed by atoms with Crippen LogP contribution in [0.15, 0.2) is 59.2 Å². The zero-order chi connectivity index (χ0) is 23.4. The Kier molecular flexibility index (Phi) is 6.50. The summed E-state index contributed by atoms with van der Waals surface area (Å²) in [7, 11) is 0. The number of carboxylic acids is 1. The third kappa shape index (κ3) is 5.09. The molecule has 0 saturated carbocycles.